The molecule has 1 aliphatic rings. The van der Waals surface area contributed by atoms with E-state index < -0.39 is 0 Å². The number of benzene rings is 1. The maximum atomic E-state index is 12.6. The zero-order valence-corrected chi connectivity index (χ0v) is 13.8. The molecule has 0 radical (unpaired) electrons. The van der Waals surface area contributed by atoms with Crippen molar-refractivity contribution in [2.24, 2.45) is 0 Å². The minimum absolute atomic E-state index is 0.00905. The second-order valence-electron chi connectivity index (χ2n) is 6.26. The molecule has 3 rings (SSSR count). The molecule has 0 aliphatic heterocycles. The van der Waals surface area contributed by atoms with E-state index in [9.17, 15) is 4.79 Å². The van der Waals surface area contributed by atoms with Gasteiger partial charge in [0, 0.05) is 38.1 Å². The van der Waals surface area contributed by atoms with Crippen LogP contribution in [0, 0.1) is 0 Å². The van der Waals surface area contributed by atoms with Gasteiger partial charge in [-0.15, -0.1) is 0 Å². The van der Waals surface area contributed by atoms with Gasteiger partial charge in [0.2, 0.25) is 0 Å². The highest BCUT2D eigenvalue weighted by Crippen LogP contribution is 2.24. The molecule has 1 N–H and O–H groups in total. The molecule has 1 heterocycles. The number of fused-ring (bicyclic) bond motifs is 1. The number of carbonyl (C=O) groups excluding carboxylic acids is 1. The molecule has 2 amide bonds. The second-order valence-corrected chi connectivity index (χ2v) is 6.26. The summed E-state index contributed by atoms with van der Waals surface area (Å²) in [5.41, 5.74) is 2.73. The molecule has 2 aromatic rings. The number of carbonyl (C=O) groups is 1. The van der Waals surface area contributed by atoms with E-state index in [1.807, 2.05) is 22.7 Å². The summed E-state index contributed by atoms with van der Waals surface area (Å²) in [4.78, 5) is 18.5. The number of nitrogens with zero attached hydrogens (tertiary/aromatic N) is 3. The Hall–Kier alpha value is -2.30. The quantitative estimate of drug-likeness (QED) is 0.922. The van der Waals surface area contributed by atoms with E-state index in [0.29, 0.717) is 0 Å². The Kier molecular flexibility index (Phi) is 4.65. The molecule has 1 aromatic carbocycles. The molecular weight excluding hydrogens is 288 g/mol. The van der Waals surface area contributed by atoms with Crippen LogP contribution in [0.15, 0.2) is 43.0 Å². The lowest BCUT2D eigenvalue weighted by atomic mass is 10.1. The second kappa shape index (κ2) is 6.86. The van der Waals surface area contributed by atoms with Gasteiger partial charge in [-0.3, -0.25) is 0 Å². The molecule has 0 saturated carbocycles. The summed E-state index contributed by atoms with van der Waals surface area (Å²) in [7, 11) is 1.90. The molecule has 0 fully saturated rings. The average Bonchev–Trinajstić information content (AvgIpc) is 3.22. The fourth-order valence-corrected chi connectivity index (χ4v) is 3.18. The number of amides is 2. The molecular formula is C18H24N4O. The normalized spacial score (nSPS) is 15.2. The maximum Gasteiger partial charge on any atom is 0.317 e. The van der Waals surface area contributed by atoms with Gasteiger partial charge in [-0.2, -0.15) is 0 Å². The minimum atomic E-state index is 0.00905. The number of aromatic nitrogens is 2. The van der Waals surface area contributed by atoms with Crippen LogP contribution in [-0.4, -0.2) is 39.6 Å². The van der Waals surface area contributed by atoms with E-state index in [2.05, 4.69) is 41.5 Å². The lowest BCUT2D eigenvalue weighted by Gasteiger charge is -2.27. The van der Waals surface area contributed by atoms with Gasteiger partial charge in [0.05, 0.1) is 6.33 Å². The Morgan fingerprint density at radius 3 is 2.65 bits per heavy atom. The standard InChI is InChI=1S/C18H24N4O/c1-3-16(12-22-9-8-19-13-22)20-18(23)21(2)17-10-14-6-4-5-7-15(14)11-17/h4-9,13,16-17H,3,10-12H2,1-2H3,(H,20,23). The number of nitrogens with one attached hydrogen (secondary N) is 1. The van der Waals surface area contributed by atoms with Gasteiger partial charge in [-0.05, 0) is 30.4 Å². The van der Waals surface area contributed by atoms with Crippen molar-refractivity contribution in [3.63, 3.8) is 0 Å². The van der Waals surface area contributed by atoms with Gasteiger partial charge in [0.1, 0.15) is 0 Å². The lowest BCUT2D eigenvalue weighted by molar-refractivity contribution is 0.186. The molecule has 5 nitrogen and oxygen atoms in total. The Morgan fingerprint density at radius 2 is 2.09 bits per heavy atom. The van der Waals surface area contributed by atoms with Crippen LogP contribution in [0.5, 0.6) is 0 Å². The van der Waals surface area contributed by atoms with E-state index in [4.69, 9.17) is 0 Å². The predicted molar refractivity (Wildman–Crippen MR) is 90.2 cm³/mol. The molecule has 1 aliphatic carbocycles. The van der Waals surface area contributed by atoms with Crippen LogP contribution in [0.3, 0.4) is 0 Å². The van der Waals surface area contributed by atoms with Crippen molar-refractivity contribution in [2.75, 3.05) is 7.05 Å². The number of imidazole rings is 1. The fraction of sp³-hybridized carbons (Fsp3) is 0.444. The fourth-order valence-electron chi connectivity index (χ4n) is 3.18. The summed E-state index contributed by atoms with van der Waals surface area (Å²) in [6.45, 7) is 2.84. The van der Waals surface area contributed by atoms with Gasteiger partial charge in [0.25, 0.3) is 0 Å². The first-order valence-electron chi connectivity index (χ1n) is 8.23. The monoisotopic (exact) mass is 312 g/mol. The number of urea groups is 1. The molecule has 0 spiro atoms. The molecule has 1 atom stereocenters. The highest BCUT2D eigenvalue weighted by molar-refractivity contribution is 5.74. The number of likely N-dealkylation sites (N-methyl/N-ethyl adjacent to an activating group) is 1. The van der Waals surface area contributed by atoms with Crippen LogP contribution in [0.25, 0.3) is 0 Å². The van der Waals surface area contributed by atoms with Crippen molar-refractivity contribution in [3.05, 3.63) is 54.1 Å². The third kappa shape index (κ3) is 3.55. The van der Waals surface area contributed by atoms with Crippen molar-refractivity contribution in [2.45, 2.75) is 44.8 Å². The first-order valence-corrected chi connectivity index (χ1v) is 8.23. The average molecular weight is 312 g/mol. The van der Waals surface area contributed by atoms with Crippen molar-refractivity contribution in [3.8, 4) is 0 Å². The molecule has 0 bridgehead atoms. The van der Waals surface area contributed by atoms with E-state index in [1.54, 1.807) is 12.5 Å². The van der Waals surface area contributed by atoms with Crippen LogP contribution in [0.2, 0.25) is 0 Å². The predicted octanol–water partition coefficient (Wildman–Crippen LogP) is 2.47. The third-order valence-corrected chi connectivity index (χ3v) is 4.71. The molecule has 5 heteroatoms. The van der Waals surface area contributed by atoms with Crippen LogP contribution < -0.4 is 5.32 Å². The summed E-state index contributed by atoms with van der Waals surface area (Å²) >= 11 is 0. The molecule has 1 unspecified atom stereocenters. The molecule has 122 valence electrons. The molecule has 0 saturated heterocycles. The van der Waals surface area contributed by atoms with Crippen LogP contribution in [0.4, 0.5) is 4.79 Å². The smallest absolute Gasteiger partial charge is 0.317 e. The summed E-state index contributed by atoms with van der Waals surface area (Å²) in [6, 6.07) is 8.83. The van der Waals surface area contributed by atoms with E-state index in [-0.39, 0.29) is 18.1 Å². The highest BCUT2D eigenvalue weighted by Gasteiger charge is 2.27. The Balaban J connectivity index is 1.57. The lowest BCUT2D eigenvalue weighted by Crippen LogP contribution is -2.48. The van der Waals surface area contributed by atoms with Gasteiger partial charge >= 0.3 is 6.03 Å². The van der Waals surface area contributed by atoms with Crippen molar-refractivity contribution >= 4 is 6.03 Å². The third-order valence-electron chi connectivity index (χ3n) is 4.71. The van der Waals surface area contributed by atoms with Crippen LogP contribution in [-0.2, 0) is 19.4 Å². The van der Waals surface area contributed by atoms with Crippen LogP contribution in [0.1, 0.15) is 24.5 Å². The van der Waals surface area contributed by atoms with Crippen molar-refractivity contribution in [1.29, 1.82) is 0 Å². The number of hydrogen-bond donors (Lipinski definition) is 1. The highest BCUT2D eigenvalue weighted by atomic mass is 16.2. The Morgan fingerprint density at radius 1 is 1.39 bits per heavy atom. The van der Waals surface area contributed by atoms with Gasteiger partial charge in [-0.25, -0.2) is 9.78 Å². The van der Waals surface area contributed by atoms with Crippen LogP contribution >= 0.6 is 0 Å². The van der Waals surface area contributed by atoms with E-state index in [0.717, 1.165) is 25.8 Å². The summed E-state index contributed by atoms with van der Waals surface area (Å²) < 4.78 is 2.00. The van der Waals surface area contributed by atoms with Crippen molar-refractivity contribution in [1.82, 2.24) is 19.8 Å². The maximum absolute atomic E-state index is 12.6. The number of hydrogen-bond acceptors (Lipinski definition) is 2. The summed E-state index contributed by atoms with van der Waals surface area (Å²) in [5.74, 6) is 0. The first-order chi connectivity index (χ1) is 11.2. The first kappa shape index (κ1) is 15.6. The van der Waals surface area contributed by atoms with Gasteiger partial charge in [0.15, 0.2) is 0 Å². The Bertz CT molecular complexity index is 628. The Labute approximate surface area is 137 Å². The van der Waals surface area contributed by atoms with Crippen molar-refractivity contribution < 1.29 is 4.79 Å². The molecule has 23 heavy (non-hydrogen) atoms. The number of rotatable bonds is 5. The van der Waals surface area contributed by atoms with Gasteiger partial charge in [-0.1, -0.05) is 31.2 Å². The summed E-state index contributed by atoms with van der Waals surface area (Å²) in [6.07, 6.45) is 8.24. The van der Waals surface area contributed by atoms with Gasteiger partial charge < -0.3 is 14.8 Å². The largest absolute Gasteiger partial charge is 0.335 e. The SMILES string of the molecule is CCC(Cn1ccnc1)NC(=O)N(C)C1Cc2ccccc2C1. The zero-order valence-electron chi connectivity index (χ0n) is 13.8. The minimum Gasteiger partial charge on any atom is -0.335 e. The molecule has 1 aromatic heterocycles. The van der Waals surface area contributed by atoms with E-state index in [1.165, 1.54) is 11.1 Å². The summed E-state index contributed by atoms with van der Waals surface area (Å²) in [5, 5.41) is 3.15. The topological polar surface area (TPSA) is 50.2 Å². The van der Waals surface area contributed by atoms with E-state index >= 15 is 0 Å². The zero-order chi connectivity index (χ0) is 16.2.